The number of aromatic amines is 1. The van der Waals surface area contributed by atoms with E-state index in [0.29, 0.717) is 18.7 Å². The van der Waals surface area contributed by atoms with Crippen LogP contribution in [0.3, 0.4) is 0 Å². The van der Waals surface area contributed by atoms with Crippen LogP contribution in [0, 0.1) is 0 Å². The smallest absolute Gasteiger partial charge is 0.338 e. The number of esters is 1. The van der Waals surface area contributed by atoms with Gasteiger partial charge in [0, 0.05) is 0 Å². The maximum absolute atomic E-state index is 11.6. The third-order valence-electron chi connectivity index (χ3n) is 2.57. The SMILES string of the molecule is CCC(CC)(OCc1nn[nH]n1)C(=O)OC. The lowest BCUT2D eigenvalue weighted by molar-refractivity contribution is -0.173. The molecule has 0 aliphatic carbocycles. The molecule has 7 heteroatoms. The highest BCUT2D eigenvalue weighted by Crippen LogP contribution is 2.23. The summed E-state index contributed by atoms with van der Waals surface area (Å²) in [4.78, 5) is 11.6. The Hall–Kier alpha value is -1.50. The summed E-state index contributed by atoms with van der Waals surface area (Å²) in [5.74, 6) is 0.0381. The Labute approximate surface area is 93.5 Å². The Balaban J connectivity index is 2.67. The summed E-state index contributed by atoms with van der Waals surface area (Å²) in [6.45, 7) is 3.88. The summed E-state index contributed by atoms with van der Waals surface area (Å²) in [6, 6.07) is 0. The lowest BCUT2D eigenvalue weighted by Gasteiger charge is -2.27. The van der Waals surface area contributed by atoms with Gasteiger partial charge in [-0.15, -0.1) is 10.2 Å². The molecule has 0 aromatic carbocycles. The van der Waals surface area contributed by atoms with E-state index in [-0.39, 0.29) is 12.6 Å². The van der Waals surface area contributed by atoms with Crippen LogP contribution < -0.4 is 0 Å². The minimum absolute atomic E-state index is 0.132. The van der Waals surface area contributed by atoms with Gasteiger partial charge in [-0.2, -0.15) is 5.21 Å². The molecule has 0 fully saturated rings. The van der Waals surface area contributed by atoms with Gasteiger partial charge in [0.1, 0.15) is 6.61 Å². The monoisotopic (exact) mass is 228 g/mol. The van der Waals surface area contributed by atoms with Crippen LogP contribution in [-0.2, 0) is 20.9 Å². The minimum Gasteiger partial charge on any atom is -0.467 e. The van der Waals surface area contributed by atoms with Gasteiger partial charge in [0.25, 0.3) is 0 Å². The zero-order chi connectivity index (χ0) is 12.0. The maximum atomic E-state index is 11.6. The zero-order valence-electron chi connectivity index (χ0n) is 9.69. The topological polar surface area (TPSA) is 90.0 Å². The number of hydrogen-bond acceptors (Lipinski definition) is 6. The lowest BCUT2D eigenvalue weighted by atomic mass is 9.97. The number of hydrogen-bond donors (Lipinski definition) is 1. The molecule has 0 bridgehead atoms. The van der Waals surface area contributed by atoms with Crippen molar-refractivity contribution in [3.63, 3.8) is 0 Å². The number of carbonyl (C=O) groups excluding carboxylic acids is 1. The van der Waals surface area contributed by atoms with E-state index in [4.69, 9.17) is 9.47 Å². The Bertz CT molecular complexity index is 322. The van der Waals surface area contributed by atoms with E-state index >= 15 is 0 Å². The zero-order valence-corrected chi connectivity index (χ0v) is 9.69. The first-order valence-electron chi connectivity index (χ1n) is 5.13. The number of aromatic nitrogens is 4. The van der Waals surface area contributed by atoms with E-state index in [2.05, 4.69) is 20.6 Å². The summed E-state index contributed by atoms with van der Waals surface area (Å²) < 4.78 is 10.3. The molecule has 0 spiro atoms. The maximum Gasteiger partial charge on any atom is 0.338 e. The second-order valence-corrected chi connectivity index (χ2v) is 3.31. The number of ether oxygens (including phenoxy) is 2. The van der Waals surface area contributed by atoms with Crippen molar-refractivity contribution in [1.82, 2.24) is 20.6 Å². The summed E-state index contributed by atoms with van der Waals surface area (Å²) in [7, 11) is 1.35. The van der Waals surface area contributed by atoms with E-state index < -0.39 is 5.60 Å². The first-order chi connectivity index (χ1) is 7.68. The van der Waals surface area contributed by atoms with Crippen LogP contribution in [0.5, 0.6) is 0 Å². The fraction of sp³-hybridized carbons (Fsp3) is 0.778. The van der Waals surface area contributed by atoms with Crippen LogP contribution in [0.4, 0.5) is 0 Å². The lowest BCUT2D eigenvalue weighted by Crippen LogP contribution is -2.41. The molecule has 1 N–H and O–H groups in total. The van der Waals surface area contributed by atoms with E-state index in [0.717, 1.165) is 0 Å². The van der Waals surface area contributed by atoms with Gasteiger partial charge in [-0.25, -0.2) is 4.79 Å². The molecular weight excluding hydrogens is 212 g/mol. The Morgan fingerprint density at radius 1 is 1.44 bits per heavy atom. The Morgan fingerprint density at radius 3 is 2.56 bits per heavy atom. The molecule has 0 radical (unpaired) electrons. The molecule has 0 aliphatic rings. The van der Waals surface area contributed by atoms with Crippen LogP contribution in [-0.4, -0.2) is 39.3 Å². The van der Waals surface area contributed by atoms with Crippen molar-refractivity contribution < 1.29 is 14.3 Å². The second-order valence-electron chi connectivity index (χ2n) is 3.31. The number of H-pyrrole nitrogens is 1. The number of nitrogens with zero attached hydrogens (tertiary/aromatic N) is 3. The van der Waals surface area contributed by atoms with Crippen molar-refractivity contribution in [2.24, 2.45) is 0 Å². The van der Waals surface area contributed by atoms with Gasteiger partial charge < -0.3 is 9.47 Å². The largest absolute Gasteiger partial charge is 0.467 e. The highest BCUT2D eigenvalue weighted by molar-refractivity contribution is 5.79. The molecule has 0 saturated carbocycles. The van der Waals surface area contributed by atoms with E-state index in [1.807, 2.05) is 13.8 Å². The molecule has 0 saturated heterocycles. The highest BCUT2D eigenvalue weighted by Gasteiger charge is 2.37. The molecule has 1 rings (SSSR count). The average molecular weight is 228 g/mol. The molecule has 1 aromatic heterocycles. The molecule has 0 amide bonds. The van der Waals surface area contributed by atoms with Crippen molar-refractivity contribution in [2.45, 2.75) is 38.9 Å². The normalized spacial score (nSPS) is 11.4. The second kappa shape index (κ2) is 5.55. The van der Waals surface area contributed by atoms with Crippen LogP contribution in [0.15, 0.2) is 0 Å². The number of tetrazole rings is 1. The third kappa shape index (κ3) is 2.54. The minimum atomic E-state index is -0.921. The van der Waals surface area contributed by atoms with Crippen molar-refractivity contribution in [1.29, 1.82) is 0 Å². The van der Waals surface area contributed by atoms with Gasteiger partial charge in [-0.05, 0) is 12.8 Å². The van der Waals surface area contributed by atoms with Gasteiger partial charge in [0.2, 0.25) is 0 Å². The van der Waals surface area contributed by atoms with Crippen LogP contribution in [0.2, 0.25) is 0 Å². The summed E-state index contributed by atoms with van der Waals surface area (Å²) in [6.07, 6.45) is 1.07. The van der Waals surface area contributed by atoms with Crippen molar-refractivity contribution in [2.75, 3.05) is 7.11 Å². The first-order valence-corrected chi connectivity index (χ1v) is 5.13. The van der Waals surface area contributed by atoms with Crippen LogP contribution in [0.25, 0.3) is 0 Å². The van der Waals surface area contributed by atoms with Gasteiger partial charge in [-0.1, -0.05) is 19.1 Å². The summed E-state index contributed by atoms with van der Waals surface area (Å²) >= 11 is 0. The fourth-order valence-corrected chi connectivity index (χ4v) is 1.43. The van der Waals surface area contributed by atoms with Gasteiger partial charge >= 0.3 is 5.97 Å². The van der Waals surface area contributed by atoms with E-state index in [9.17, 15) is 4.79 Å². The molecule has 0 aliphatic heterocycles. The van der Waals surface area contributed by atoms with Gasteiger partial charge in [-0.3, -0.25) is 0 Å². The number of nitrogens with one attached hydrogen (secondary N) is 1. The molecule has 1 heterocycles. The number of methoxy groups -OCH3 is 1. The van der Waals surface area contributed by atoms with Gasteiger partial charge in [0.05, 0.1) is 7.11 Å². The predicted molar refractivity (Wildman–Crippen MR) is 54.3 cm³/mol. The number of carbonyl (C=O) groups is 1. The van der Waals surface area contributed by atoms with E-state index in [1.54, 1.807) is 0 Å². The molecule has 1 aromatic rings. The molecule has 7 nitrogen and oxygen atoms in total. The highest BCUT2D eigenvalue weighted by atomic mass is 16.6. The molecular formula is C9H16N4O3. The van der Waals surface area contributed by atoms with Crippen molar-refractivity contribution >= 4 is 5.97 Å². The van der Waals surface area contributed by atoms with Crippen molar-refractivity contribution in [3.05, 3.63) is 5.82 Å². The fourth-order valence-electron chi connectivity index (χ4n) is 1.43. The molecule has 90 valence electrons. The molecule has 0 atom stereocenters. The molecule has 16 heavy (non-hydrogen) atoms. The Kier molecular flexibility index (Phi) is 4.36. The van der Waals surface area contributed by atoms with Crippen molar-refractivity contribution in [3.8, 4) is 0 Å². The van der Waals surface area contributed by atoms with Crippen LogP contribution in [0.1, 0.15) is 32.5 Å². The van der Waals surface area contributed by atoms with Crippen LogP contribution >= 0.6 is 0 Å². The average Bonchev–Trinajstić information content (AvgIpc) is 2.83. The summed E-state index contributed by atoms with van der Waals surface area (Å²) in [5.41, 5.74) is -0.921. The van der Waals surface area contributed by atoms with E-state index in [1.165, 1.54) is 7.11 Å². The number of rotatable bonds is 6. The third-order valence-corrected chi connectivity index (χ3v) is 2.57. The standard InChI is InChI=1S/C9H16N4O3/c1-4-9(5-2,8(14)15-3)16-6-7-10-12-13-11-7/h4-6H2,1-3H3,(H,10,11,12,13). The van der Waals surface area contributed by atoms with Gasteiger partial charge in [0.15, 0.2) is 11.4 Å². The Morgan fingerprint density at radius 2 is 2.12 bits per heavy atom. The summed E-state index contributed by atoms with van der Waals surface area (Å²) in [5, 5.41) is 13.2. The molecule has 0 unspecified atom stereocenters. The quantitative estimate of drug-likeness (QED) is 0.711. The predicted octanol–water partition coefficient (Wildman–Crippen LogP) is 0.448. The first kappa shape index (κ1) is 12.6.